The number of benzene rings is 5. The molecular weight excluding hydrogens is 550 g/mol. The third-order valence-electron chi connectivity index (χ3n) is 8.30. The van der Waals surface area contributed by atoms with Crippen LogP contribution in [-0.2, 0) is 0 Å². The van der Waals surface area contributed by atoms with E-state index >= 15 is 0 Å². The first-order valence-corrected chi connectivity index (χ1v) is 14.8. The number of hydrogen-bond acceptors (Lipinski definition) is 3. The van der Waals surface area contributed by atoms with E-state index in [-0.39, 0.29) is 5.57 Å². The predicted octanol–water partition coefficient (Wildman–Crippen LogP) is 10.1. The minimum atomic E-state index is 0.0753. The van der Waals surface area contributed by atoms with Crippen LogP contribution >= 0.6 is 0 Å². The molecule has 0 N–H and O–H groups in total. The van der Waals surface area contributed by atoms with Crippen molar-refractivity contribution in [3.63, 3.8) is 0 Å². The Balaban J connectivity index is 1.29. The lowest BCUT2D eigenvalue weighted by atomic mass is 10.1. The average Bonchev–Trinajstić information content (AvgIpc) is 3.61. The van der Waals surface area contributed by atoms with Crippen LogP contribution in [0, 0.1) is 36.5 Å². The molecule has 0 radical (unpaired) electrons. The molecule has 0 amide bonds. The number of rotatable bonds is 6. The van der Waals surface area contributed by atoms with E-state index in [0.29, 0.717) is 0 Å². The summed E-state index contributed by atoms with van der Waals surface area (Å²) in [4.78, 5) is 2.22. The Morgan fingerprint density at radius 1 is 0.556 bits per heavy atom. The van der Waals surface area contributed by atoms with Crippen LogP contribution in [0.15, 0.2) is 139 Å². The van der Waals surface area contributed by atoms with Gasteiger partial charge in [-0.25, -0.2) is 0 Å². The Hall–Kier alpha value is -6.30. The standard InChI is InChI=1S/C40H29N5/c1-28-26-43(39-9-5-3-7-37(28)39)32-15-19-35(20-16-32)45(34-13-11-30(12-14-34)23-31(24-41)25-42)36-21-17-33(18-22-36)44-27-29(2)38-8-4-6-10-40(38)44/h3-23,26-27H,1-2H3. The highest BCUT2D eigenvalue weighted by Gasteiger charge is 2.15. The lowest BCUT2D eigenvalue weighted by Crippen LogP contribution is -2.10. The highest BCUT2D eigenvalue weighted by Crippen LogP contribution is 2.37. The monoisotopic (exact) mass is 579 g/mol. The molecule has 5 heteroatoms. The number of aromatic nitrogens is 2. The van der Waals surface area contributed by atoms with Gasteiger partial charge in [-0.1, -0.05) is 48.5 Å². The van der Waals surface area contributed by atoms with Crippen LogP contribution in [0.25, 0.3) is 39.3 Å². The predicted molar refractivity (Wildman–Crippen MR) is 183 cm³/mol. The number of allylic oxidation sites excluding steroid dienone is 1. The third-order valence-corrected chi connectivity index (χ3v) is 8.30. The van der Waals surface area contributed by atoms with E-state index in [4.69, 9.17) is 0 Å². The molecule has 45 heavy (non-hydrogen) atoms. The number of nitrogens with zero attached hydrogens (tertiary/aromatic N) is 5. The number of fused-ring (bicyclic) bond motifs is 2. The van der Waals surface area contributed by atoms with Gasteiger partial charge in [-0.05, 0) is 109 Å². The molecule has 7 aromatic rings. The van der Waals surface area contributed by atoms with Crippen molar-refractivity contribution >= 4 is 44.9 Å². The molecular formula is C40H29N5. The molecule has 0 aliphatic rings. The summed E-state index contributed by atoms with van der Waals surface area (Å²) in [5, 5.41) is 20.9. The van der Waals surface area contributed by atoms with Gasteiger partial charge < -0.3 is 14.0 Å². The summed E-state index contributed by atoms with van der Waals surface area (Å²) >= 11 is 0. The summed E-state index contributed by atoms with van der Waals surface area (Å²) in [7, 11) is 0. The second-order valence-corrected chi connectivity index (χ2v) is 11.1. The van der Waals surface area contributed by atoms with Gasteiger partial charge in [0.2, 0.25) is 0 Å². The van der Waals surface area contributed by atoms with Crippen molar-refractivity contribution in [1.82, 2.24) is 9.13 Å². The Kier molecular flexibility index (Phi) is 6.98. The fraction of sp³-hybridized carbons (Fsp3) is 0.0500. The molecule has 5 aromatic carbocycles. The van der Waals surface area contributed by atoms with Gasteiger partial charge in [0.1, 0.15) is 17.7 Å². The summed E-state index contributed by atoms with van der Waals surface area (Å²) in [6.07, 6.45) is 5.97. The number of hydrogen-bond donors (Lipinski definition) is 0. The lowest BCUT2D eigenvalue weighted by Gasteiger charge is -2.26. The van der Waals surface area contributed by atoms with Gasteiger partial charge in [0.25, 0.3) is 0 Å². The molecule has 5 nitrogen and oxygen atoms in total. The molecule has 0 aliphatic heterocycles. The molecule has 0 atom stereocenters. The Labute approximate surface area is 262 Å². The topological polar surface area (TPSA) is 60.7 Å². The van der Waals surface area contributed by atoms with E-state index in [2.05, 4.69) is 137 Å². The van der Waals surface area contributed by atoms with Crippen LogP contribution < -0.4 is 4.90 Å². The van der Waals surface area contributed by atoms with Crippen molar-refractivity contribution < 1.29 is 0 Å². The van der Waals surface area contributed by atoms with E-state index in [0.717, 1.165) is 34.0 Å². The Morgan fingerprint density at radius 2 is 0.956 bits per heavy atom. The molecule has 214 valence electrons. The largest absolute Gasteiger partial charge is 0.316 e. The van der Waals surface area contributed by atoms with Gasteiger partial charge >= 0.3 is 0 Å². The number of nitriles is 2. The van der Waals surface area contributed by atoms with Crippen molar-refractivity contribution in [1.29, 1.82) is 10.5 Å². The summed E-state index contributed by atoms with van der Waals surface area (Å²) < 4.78 is 4.47. The molecule has 0 unspecified atom stereocenters. The molecule has 7 rings (SSSR count). The smallest absolute Gasteiger partial charge is 0.130 e. The summed E-state index contributed by atoms with van der Waals surface area (Å²) in [6, 6.07) is 45.9. The average molecular weight is 580 g/mol. The summed E-state index contributed by atoms with van der Waals surface area (Å²) in [5.41, 5.74) is 10.9. The fourth-order valence-corrected chi connectivity index (χ4v) is 6.07. The number of para-hydroxylation sites is 2. The van der Waals surface area contributed by atoms with Gasteiger partial charge in [0.05, 0.1) is 11.0 Å². The van der Waals surface area contributed by atoms with E-state index in [1.54, 1.807) is 6.08 Å². The SMILES string of the molecule is Cc1cn(-c2ccc(N(c3ccc(C=C(C#N)C#N)cc3)c3ccc(-n4cc(C)c5ccccc54)cc3)cc2)c2ccccc12. The van der Waals surface area contributed by atoms with Crippen LogP contribution in [0.5, 0.6) is 0 Å². The lowest BCUT2D eigenvalue weighted by molar-refractivity contribution is 1.11. The van der Waals surface area contributed by atoms with Crippen molar-refractivity contribution in [2.24, 2.45) is 0 Å². The second kappa shape index (κ2) is 11.4. The molecule has 0 fully saturated rings. The van der Waals surface area contributed by atoms with Crippen LogP contribution in [0.2, 0.25) is 0 Å². The minimum Gasteiger partial charge on any atom is -0.316 e. The van der Waals surface area contributed by atoms with Crippen molar-refractivity contribution in [3.05, 3.63) is 156 Å². The van der Waals surface area contributed by atoms with Gasteiger partial charge in [-0.15, -0.1) is 0 Å². The molecule has 0 spiro atoms. The molecule has 2 aromatic heterocycles. The zero-order chi connectivity index (χ0) is 30.9. The van der Waals surface area contributed by atoms with Crippen LogP contribution in [0.4, 0.5) is 17.1 Å². The van der Waals surface area contributed by atoms with Gasteiger partial charge in [0.15, 0.2) is 0 Å². The molecule has 0 bridgehead atoms. The summed E-state index contributed by atoms with van der Waals surface area (Å²) in [5.74, 6) is 0. The molecule has 0 aliphatic carbocycles. The molecule has 2 heterocycles. The zero-order valence-electron chi connectivity index (χ0n) is 25.0. The Morgan fingerprint density at radius 3 is 1.38 bits per heavy atom. The maximum Gasteiger partial charge on any atom is 0.130 e. The van der Waals surface area contributed by atoms with E-state index in [9.17, 15) is 10.5 Å². The van der Waals surface area contributed by atoms with Gasteiger partial charge in [-0.2, -0.15) is 10.5 Å². The molecule has 0 saturated carbocycles. The highest BCUT2D eigenvalue weighted by atomic mass is 15.1. The number of anilines is 3. The van der Waals surface area contributed by atoms with Crippen molar-refractivity contribution in [3.8, 4) is 23.5 Å². The number of aryl methyl sites for hydroxylation is 2. The normalized spacial score (nSPS) is 10.8. The van der Waals surface area contributed by atoms with Crippen LogP contribution in [-0.4, -0.2) is 9.13 Å². The summed E-state index contributed by atoms with van der Waals surface area (Å²) in [6.45, 7) is 4.29. The van der Waals surface area contributed by atoms with Crippen LogP contribution in [0.1, 0.15) is 16.7 Å². The van der Waals surface area contributed by atoms with Gasteiger partial charge in [0, 0.05) is 51.6 Å². The first-order valence-electron chi connectivity index (χ1n) is 14.8. The highest BCUT2D eigenvalue weighted by molar-refractivity contribution is 5.87. The second-order valence-electron chi connectivity index (χ2n) is 11.1. The third kappa shape index (κ3) is 5.03. The maximum atomic E-state index is 9.20. The van der Waals surface area contributed by atoms with Crippen molar-refractivity contribution in [2.75, 3.05) is 4.90 Å². The zero-order valence-corrected chi connectivity index (χ0v) is 25.0. The quantitative estimate of drug-likeness (QED) is 0.184. The van der Waals surface area contributed by atoms with E-state index < -0.39 is 0 Å². The van der Waals surface area contributed by atoms with E-state index in [1.165, 1.54) is 32.9 Å². The fourth-order valence-electron chi connectivity index (χ4n) is 6.07. The molecule has 0 saturated heterocycles. The van der Waals surface area contributed by atoms with E-state index in [1.807, 2.05) is 36.4 Å². The van der Waals surface area contributed by atoms with Crippen molar-refractivity contribution in [2.45, 2.75) is 13.8 Å². The maximum absolute atomic E-state index is 9.20. The Bertz CT molecular complexity index is 2150. The van der Waals surface area contributed by atoms with Crippen LogP contribution in [0.3, 0.4) is 0 Å². The minimum absolute atomic E-state index is 0.0753. The first kappa shape index (κ1) is 27.5. The van der Waals surface area contributed by atoms with Gasteiger partial charge in [-0.3, -0.25) is 0 Å². The first-order chi connectivity index (χ1) is 22.0.